The molecule has 1 aromatic heterocycles. The number of nitrogens with one attached hydrogen (secondary N) is 1. The molecule has 0 radical (unpaired) electrons. The third-order valence-electron chi connectivity index (χ3n) is 3.27. The fourth-order valence-electron chi connectivity index (χ4n) is 2.17. The summed E-state index contributed by atoms with van der Waals surface area (Å²) in [7, 11) is -3.65. The highest BCUT2D eigenvalue weighted by Crippen LogP contribution is 2.21. The molecule has 9 heteroatoms. The number of sulfonamides is 1. The molecule has 1 heterocycles. The van der Waals surface area contributed by atoms with E-state index in [0.717, 1.165) is 5.56 Å². The molecular weight excluding hydrogens is 346 g/mol. The zero-order valence-electron chi connectivity index (χ0n) is 13.0. The van der Waals surface area contributed by atoms with Crippen LogP contribution in [0.5, 0.6) is 0 Å². The molecule has 1 N–H and O–H groups in total. The number of benzene rings is 2. The van der Waals surface area contributed by atoms with Gasteiger partial charge in [0.15, 0.2) is 0 Å². The van der Waals surface area contributed by atoms with E-state index < -0.39 is 10.0 Å². The molecule has 7 nitrogen and oxygen atoms in total. The van der Waals surface area contributed by atoms with Gasteiger partial charge in [0.1, 0.15) is 0 Å². The van der Waals surface area contributed by atoms with Crippen molar-refractivity contribution in [3.63, 3.8) is 0 Å². The van der Waals surface area contributed by atoms with Gasteiger partial charge in [-0.3, -0.25) is 4.72 Å². The number of aromatic nitrogens is 4. The number of hydrogen-bond acceptors (Lipinski definition) is 6. The molecule has 24 heavy (non-hydrogen) atoms. The Kier molecular flexibility index (Phi) is 4.54. The van der Waals surface area contributed by atoms with Crippen molar-refractivity contribution < 1.29 is 8.42 Å². The fraction of sp³-hybridized carbons (Fsp3) is 0.133. The number of rotatable bonds is 5. The molecule has 0 unspecified atom stereocenters. The van der Waals surface area contributed by atoms with E-state index >= 15 is 0 Å². The molecule has 0 aliphatic rings. The van der Waals surface area contributed by atoms with Crippen molar-refractivity contribution in [3.05, 3.63) is 54.1 Å². The molecule has 0 amide bonds. The van der Waals surface area contributed by atoms with Crippen LogP contribution in [0.15, 0.2) is 58.6 Å². The standard InChI is InChI=1S/C15H15N5O2S2/c1-11-5-3-8-14(9-11)24(21,22)17-12-6-4-7-13(10-12)20-15(23-2)16-18-19-20/h3-10,17H,1-2H3. The molecule has 2 aromatic carbocycles. The Morgan fingerprint density at radius 1 is 1.12 bits per heavy atom. The van der Waals surface area contributed by atoms with Crippen molar-refractivity contribution in [1.29, 1.82) is 0 Å². The monoisotopic (exact) mass is 361 g/mol. The van der Waals surface area contributed by atoms with Crippen LogP contribution in [0.3, 0.4) is 0 Å². The molecule has 3 aromatic rings. The van der Waals surface area contributed by atoms with Gasteiger partial charge in [0, 0.05) is 0 Å². The normalized spacial score (nSPS) is 11.4. The van der Waals surface area contributed by atoms with E-state index in [0.29, 0.717) is 16.5 Å². The summed E-state index contributed by atoms with van der Waals surface area (Å²) in [5.41, 5.74) is 2.00. The van der Waals surface area contributed by atoms with Crippen LogP contribution in [0.1, 0.15) is 5.56 Å². The summed E-state index contributed by atoms with van der Waals surface area (Å²) in [5, 5.41) is 12.1. The van der Waals surface area contributed by atoms with Crippen molar-refractivity contribution in [3.8, 4) is 5.69 Å². The van der Waals surface area contributed by atoms with E-state index in [-0.39, 0.29) is 4.90 Å². The summed E-state index contributed by atoms with van der Waals surface area (Å²) in [6, 6.07) is 13.7. The topological polar surface area (TPSA) is 89.8 Å². The van der Waals surface area contributed by atoms with Gasteiger partial charge >= 0.3 is 0 Å². The third kappa shape index (κ3) is 3.41. The first-order valence-corrected chi connectivity index (χ1v) is 9.73. The van der Waals surface area contributed by atoms with Gasteiger partial charge in [0.25, 0.3) is 10.0 Å². The first-order chi connectivity index (χ1) is 11.5. The highest BCUT2D eigenvalue weighted by Gasteiger charge is 2.15. The van der Waals surface area contributed by atoms with Crippen LogP contribution in [0.25, 0.3) is 5.69 Å². The second kappa shape index (κ2) is 6.62. The molecule has 0 atom stereocenters. The van der Waals surface area contributed by atoms with Crippen LogP contribution in [-0.2, 0) is 10.0 Å². The Morgan fingerprint density at radius 3 is 2.67 bits per heavy atom. The molecule has 0 spiro atoms. The Labute approximate surface area is 144 Å². The highest BCUT2D eigenvalue weighted by molar-refractivity contribution is 7.98. The molecule has 3 rings (SSSR count). The Bertz CT molecular complexity index is 969. The van der Waals surface area contributed by atoms with Gasteiger partial charge < -0.3 is 0 Å². The summed E-state index contributed by atoms with van der Waals surface area (Å²) in [6.45, 7) is 1.85. The van der Waals surface area contributed by atoms with Gasteiger partial charge in [-0.05, 0) is 59.5 Å². The number of hydrogen-bond donors (Lipinski definition) is 1. The quantitative estimate of drug-likeness (QED) is 0.702. The molecule has 0 aliphatic heterocycles. The minimum absolute atomic E-state index is 0.222. The minimum atomic E-state index is -3.65. The van der Waals surface area contributed by atoms with Crippen LogP contribution in [-0.4, -0.2) is 34.9 Å². The second-order valence-electron chi connectivity index (χ2n) is 5.05. The number of nitrogens with zero attached hydrogens (tertiary/aromatic N) is 4. The predicted molar refractivity (Wildman–Crippen MR) is 92.9 cm³/mol. The summed E-state index contributed by atoms with van der Waals surface area (Å²) < 4.78 is 29.2. The Morgan fingerprint density at radius 2 is 1.92 bits per heavy atom. The lowest BCUT2D eigenvalue weighted by molar-refractivity contribution is 0.601. The van der Waals surface area contributed by atoms with E-state index in [2.05, 4.69) is 20.2 Å². The van der Waals surface area contributed by atoms with Crippen LogP contribution in [0.4, 0.5) is 5.69 Å². The molecule has 124 valence electrons. The Hall–Kier alpha value is -2.39. The van der Waals surface area contributed by atoms with Gasteiger partial charge in [-0.1, -0.05) is 30.0 Å². The molecule has 0 saturated carbocycles. The summed E-state index contributed by atoms with van der Waals surface area (Å²) in [4.78, 5) is 0.222. The van der Waals surface area contributed by atoms with E-state index in [1.54, 1.807) is 47.1 Å². The smallest absolute Gasteiger partial charge is 0.261 e. The molecule has 0 saturated heterocycles. The summed E-state index contributed by atoms with van der Waals surface area (Å²) >= 11 is 1.40. The van der Waals surface area contributed by atoms with Gasteiger partial charge in [-0.2, -0.15) is 4.68 Å². The van der Waals surface area contributed by atoms with Crippen LogP contribution in [0, 0.1) is 6.92 Å². The zero-order valence-corrected chi connectivity index (χ0v) is 14.7. The average molecular weight is 361 g/mol. The fourth-order valence-corrected chi connectivity index (χ4v) is 3.75. The number of anilines is 1. The zero-order chi connectivity index (χ0) is 17.2. The molecular formula is C15H15N5O2S2. The molecule has 0 aliphatic carbocycles. The van der Waals surface area contributed by atoms with Crippen molar-refractivity contribution in [1.82, 2.24) is 20.2 Å². The summed E-state index contributed by atoms with van der Waals surface area (Å²) in [5.74, 6) is 0. The van der Waals surface area contributed by atoms with Crippen LogP contribution >= 0.6 is 11.8 Å². The first kappa shape index (κ1) is 16.5. The average Bonchev–Trinajstić information content (AvgIpc) is 3.03. The number of tetrazole rings is 1. The number of thioether (sulfide) groups is 1. The van der Waals surface area contributed by atoms with Gasteiger partial charge in [-0.25, -0.2) is 8.42 Å². The van der Waals surface area contributed by atoms with Crippen molar-refractivity contribution in [2.24, 2.45) is 0 Å². The maximum atomic E-state index is 12.5. The van der Waals surface area contributed by atoms with Crippen molar-refractivity contribution >= 4 is 27.5 Å². The first-order valence-electron chi connectivity index (χ1n) is 7.02. The predicted octanol–water partition coefficient (Wildman–Crippen LogP) is 2.49. The highest BCUT2D eigenvalue weighted by atomic mass is 32.2. The lowest BCUT2D eigenvalue weighted by atomic mass is 10.2. The van der Waals surface area contributed by atoms with Crippen molar-refractivity contribution in [2.75, 3.05) is 11.0 Å². The third-order valence-corrected chi connectivity index (χ3v) is 5.26. The maximum Gasteiger partial charge on any atom is 0.261 e. The number of aryl methyl sites for hydroxylation is 1. The van der Waals surface area contributed by atoms with Crippen molar-refractivity contribution in [2.45, 2.75) is 17.0 Å². The second-order valence-corrected chi connectivity index (χ2v) is 7.51. The minimum Gasteiger partial charge on any atom is -0.280 e. The largest absolute Gasteiger partial charge is 0.280 e. The molecule has 0 bridgehead atoms. The summed E-state index contributed by atoms with van der Waals surface area (Å²) in [6.07, 6.45) is 1.87. The van der Waals surface area contributed by atoms with E-state index in [1.807, 2.05) is 19.2 Å². The molecule has 0 fully saturated rings. The van der Waals surface area contributed by atoms with Crippen LogP contribution < -0.4 is 4.72 Å². The lowest BCUT2D eigenvalue weighted by Gasteiger charge is -2.10. The van der Waals surface area contributed by atoms with Gasteiger partial charge in [0.05, 0.1) is 16.3 Å². The maximum absolute atomic E-state index is 12.5. The van der Waals surface area contributed by atoms with Gasteiger partial charge in [-0.15, -0.1) is 5.10 Å². The van der Waals surface area contributed by atoms with Gasteiger partial charge in [0.2, 0.25) is 5.16 Å². The van der Waals surface area contributed by atoms with E-state index in [9.17, 15) is 8.42 Å². The SMILES string of the molecule is CSc1nnnn1-c1cccc(NS(=O)(=O)c2cccc(C)c2)c1. The van der Waals surface area contributed by atoms with Crippen LogP contribution in [0.2, 0.25) is 0 Å². The van der Waals surface area contributed by atoms with E-state index in [4.69, 9.17) is 0 Å². The van der Waals surface area contributed by atoms with E-state index in [1.165, 1.54) is 11.8 Å². The lowest BCUT2D eigenvalue weighted by Crippen LogP contribution is -2.13. The Balaban J connectivity index is 1.93.